The average Bonchev–Trinajstić information content (AvgIpc) is 3.33. The number of thiazole rings is 1. The summed E-state index contributed by atoms with van der Waals surface area (Å²) in [5.41, 5.74) is 1.74. The first-order chi connectivity index (χ1) is 15.3. The van der Waals surface area contributed by atoms with Gasteiger partial charge in [0.15, 0.2) is 5.13 Å². The summed E-state index contributed by atoms with van der Waals surface area (Å²) in [4.78, 5) is 44.5. The molecule has 11 nitrogen and oxygen atoms in total. The number of anilines is 1. The monoisotopic (exact) mass is 453 g/mol. The Balaban J connectivity index is 1.66. The topological polar surface area (TPSA) is 163 Å². The van der Waals surface area contributed by atoms with Crippen LogP contribution >= 0.6 is 11.3 Å². The van der Waals surface area contributed by atoms with Crippen LogP contribution in [-0.2, 0) is 11.8 Å². The van der Waals surface area contributed by atoms with Gasteiger partial charge >= 0.3 is 5.97 Å². The van der Waals surface area contributed by atoms with Crippen LogP contribution in [0.3, 0.4) is 0 Å². The average molecular weight is 453 g/mol. The van der Waals surface area contributed by atoms with Crippen LogP contribution in [0.2, 0.25) is 0 Å². The fraction of sp³-hybridized carbons (Fsp3) is 0.250. The van der Waals surface area contributed by atoms with Crippen LogP contribution < -0.4 is 10.6 Å². The molecule has 2 amide bonds. The zero-order valence-electron chi connectivity index (χ0n) is 17.2. The summed E-state index contributed by atoms with van der Waals surface area (Å²) < 4.78 is 1.62. The summed E-state index contributed by atoms with van der Waals surface area (Å²) >= 11 is 0.837. The number of nitriles is 1. The molecule has 0 aliphatic heterocycles. The van der Waals surface area contributed by atoms with E-state index in [1.165, 1.54) is 13.0 Å². The molecule has 3 aromatic rings. The minimum Gasteiger partial charge on any atom is -0.477 e. The number of aryl methyl sites for hydroxylation is 2. The molecule has 12 heteroatoms. The molecule has 3 aromatic heterocycles. The molecule has 0 saturated heterocycles. The first-order valence-corrected chi connectivity index (χ1v) is 10.2. The molecule has 0 aliphatic carbocycles. The van der Waals surface area contributed by atoms with E-state index in [9.17, 15) is 14.4 Å². The van der Waals surface area contributed by atoms with E-state index in [0.29, 0.717) is 11.4 Å². The predicted octanol–water partition coefficient (Wildman–Crippen LogP) is 1.99. The minimum absolute atomic E-state index is 0.0294. The van der Waals surface area contributed by atoms with Crippen LogP contribution in [0.4, 0.5) is 5.13 Å². The Morgan fingerprint density at radius 3 is 2.72 bits per heavy atom. The third-order valence-electron chi connectivity index (χ3n) is 4.32. The number of hydrogen-bond acceptors (Lipinski definition) is 8. The van der Waals surface area contributed by atoms with Crippen molar-refractivity contribution in [2.75, 3.05) is 5.32 Å². The first-order valence-electron chi connectivity index (χ1n) is 9.41. The van der Waals surface area contributed by atoms with Gasteiger partial charge in [-0.05, 0) is 19.1 Å². The van der Waals surface area contributed by atoms with Crippen LogP contribution in [0.15, 0.2) is 30.6 Å². The predicted molar refractivity (Wildman–Crippen MR) is 115 cm³/mol. The Hall–Kier alpha value is -4.11. The van der Waals surface area contributed by atoms with E-state index in [0.717, 1.165) is 16.9 Å². The van der Waals surface area contributed by atoms with E-state index in [4.69, 9.17) is 10.4 Å². The minimum atomic E-state index is -1.13. The maximum absolute atomic E-state index is 12.7. The number of carboxylic acids is 1. The third kappa shape index (κ3) is 5.52. The first kappa shape index (κ1) is 22.6. The number of carboxylic acid groups (broad SMARTS) is 1. The van der Waals surface area contributed by atoms with Crippen LogP contribution in [0.25, 0.3) is 11.3 Å². The Labute approximate surface area is 186 Å². The van der Waals surface area contributed by atoms with Gasteiger partial charge in [-0.25, -0.2) is 14.8 Å². The van der Waals surface area contributed by atoms with Crippen LogP contribution in [0.1, 0.15) is 38.7 Å². The lowest BCUT2D eigenvalue weighted by Crippen LogP contribution is -2.37. The molecule has 3 rings (SSSR count). The summed E-state index contributed by atoms with van der Waals surface area (Å²) in [6.07, 6.45) is 3.10. The van der Waals surface area contributed by atoms with Gasteiger partial charge < -0.3 is 15.7 Å². The highest BCUT2D eigenvalue weighted by molar-refractivity contribution is 7.17. The standard InChI is InChI=1S/C20H19N7O4S/c1-11-17(19(30)31)32-20(23-11)26-16(28)8-13(6-7-21)24-18(29)15-5-3-4-14(25-15)12-9-22-27(2)10-12/h3-5,9-10,13H,6,8H2,1-2H3,(H,24,29)(H,30,31)(H,23,26,28). The lowest BCUT2D eigenvalue weighted by molar-refractivity contribution is -0.116. The van der Waals surface area contributed by atoms with E-state index >= 15 is 0 Å². The number of nitrogens with one attached hydrogen (secondary N) is 2. The van der Waals surface area contributed by atoms with Crippen LogP contribution in [0.5, 0.6) is 0 Å². The smallest absolute Gasteiger partial charge is 0.347 e. The molecule has 0 saturated carbocycles. The molecule has 1 unspecified atom stereocenters. The van der Waals surface area contributed by atoms with Crippen molar-refractivity contribution in [3.05, 3.63) is 46.9 Å². The molecule has 164 valence electrons. The summed E-state index contributed by atoms with van der Waals surface area (Å²) in [5.74, 6) is -2.16. The fourth-order valence-corrected chi connectivity index (χ4v) is 3.68. The van der Waals surface area contributed by atoms with Crippen molar-refractivity contribution >= 4 is 34.3 Å². The maximum atomic E-state index is 12.7. The van der Waals surface area contributed by atoms with Gasteiger partial charge in [-0.15, -0.1) is 0 Å². The molecule has 3 N–H and O–H groups in total. The highest BCUT2D eigenvalue weighted by Gasteiger charge is 2.21. The van der Waals surface area contributed by atoms with Crippen molar-refractivity contribution in [3.8, 4) is 17.3 Å². The number of rotatable bonds is 8. The van der Waals surface area contributed by atoms with Gasteiger partial charge in [0.2, 0.25) is 5.91 Å². The molecule has 3 heterocycles. The Morgan fingerprint density at radius 1 is 1.31 bits per heavy atom. The van der Waals surface area contributed by atoms with Gasteiger partial charge in [0, 0.05) is 25.2 Å². The van der Waals surface area contributed by atoms with Crippen molar-refractivity contribution in [2.45, 2.75) is 25.8 Å². The second-order valence-electron chi connectivity index (χ2n) is 6.83. The molecule has 0 aromatic carbocycles. The summed E-state index contributed by atoms with van der Waals surface area (Å²) in [6, 6.07) is 6.14. The lowest BCUT2D eigenvalue weighted by Gasteiger charge is -2.15. The highest BCUT2D eigenvalue weighted by Crippen LogP contribution is 2.22. The molecule has 1 atom stereocenters. The van der Waals surface area contributed by atoms with Gasteiger partial charge in [-0.2, -0.15) is 10.4 Å². The quantitative estimate of drug-likeness (QED) is 0.466. The van der Waals surface area contributed by atoms with Crippen molar-refractivity contribution in [3.63, 3.8) is 0 Å². The van der Waals surface area contributed by atoms with E-state index < -0.39 is 23.8 Å². The second kappa shape index (κ2) is 9.80. The van der Waals surface area contributed by atoms with Crippen molar-refractivity contribution in [1.82, 2.24) is 25.1 Å². The number of pyridine rings is 1. The van der Waals surface area contributed by atoms with Gasteiger partial charge in [0.25, 0.3) is 5.91 Å². The highest BCUT2D eigenvalue weighted by atomic mass is 32.1. The molecule has 0 spiro atoms. The number of carbonyl (C=O) groups is 3. The largest absolute Gasteiger partial charge is 0.477 e. The summed E-state index contributed by atoms with van der Waals surface area (Å²) in [5, 5.41) is 27.6. The lowest BCUT2D eigenvalue weighted by atomic mass is 10.1. The number of nitrogens with zero attached hydrogens (tertiary/aromatic N) is 5. The number of amides is 2. The molecule has 0 bridgehead atoms. The number of aromatic nitrogens is 4. The molecule has 0 fully saturated rings. The number of aromatic carboxylic acids is 1. The molecule has 32 heavy (non-hydrogen) atoms. The Morgan fingerprint density at radius 2 is 2.09 bits per heavy atom. The Bertz CT molecular complexity index is 1210. The van der Waals surface area contributed by atoms with Crippen molar-refractivity contribution in [1.29, 1.82) is 5.26 Å². The Kier molecular flexibility index (Phi) is 6.91. The van der Waals surface area contributed by atoms with Crippen molar-refractivity contribution < 1.29 is 19.5 Å². The van der Waals surface area contributed by atoms with Gasteiger partial charge in [-0.3, -0.25) is 14.3 Å². The van der Waals surface area contributed by atoms with Gasteiger partial charge in [0.1, 0.15) is 10.6 Å². The van der Waals surface area contributed by atoms with E-state index in [2.05, 4.69) is 25.7 Å². The SMILES string of the molecule is Cc1nc(NC(=O)CC(CC#N)NC(=O)c2cccc(-c3cnn(C)c3)n2)sc1C(=O)O. The van der Waals surface area contributed by atoms with E-state index in [1.807, 2.05) is 6.07 Å². The summed E-state index contributed by atoms with van der Waals surface area (Å²) in [6.45, 7) is 1.53. The molecular formula is C20H19N7O4S. The van der Waals surface area contributed by atoms with E-state index in [1.54, 1.807) is 36.3 Å². The van der Waals surface area contributed by atoms with Gasteiger partial charge in [-0.1, -0.05) is 17.4 Å². The molecule has 0 aliphatic rings. The third-order valence-corrected chi connectivity index (χ3v) is 5.39. The molecular weight excluding hydrogens is 434 g/mol. The molecule has 0 radical (unpaired) electrons. The summed E-state index contributed by atoms with van der Waals surface area (Å²) in [7, 11) is 1.77. The van der Waals surface area contributed by atoms with Crippen molar-refractivity contribution in [2.24, 2.45) is 7.05 Å². The van der Waals surface area contributed by atoms with Gasteiger partial charge in [0.05, 0.1) is 36.1 Å². The normalized spacial score (nSPS) is 11.4. The second-order valence-corrected chi connectivity index (χ2v) is 7.83. The van der Waals surface area contributed by atoms with Crippen LogP contribution in [-0.4, -0.2) is 48.7 Å². The van der Waals surface area contributed by atoms with E-state index in [-0.39, 0.29) is 28.5 Å². The zero-order chi connectivity index (χ0) is 23.3. The fourth-order valence-electron chi connectivity index (χ4n) is 2.86. The number of carbonyl (C=O) groups excluding carboxylic acids is 2. The maximum Gasteiger partial charge on any atom is 0.347 e. The number of hydrogen-bond donors (Lipinski definition) is 3. The zero-order valence-corrected chi connectivity index (χ0v) is 18.0. The van der Waals surface area contributed by atoms with Crippen LogP contribution in [0, 0.1) is 18.3 Å².